The molecule has 0 saturated carbocycles. The molecular weight excluding hydrogens is 469 g/mol. The third-order valence-electron chi connectivity index (χ3n) is 4.37. The van der Waals surface area contributed by atoms with Crippen molar-refractivity contribution in [2.75, 3.05) is 10.7 Å². The van der Waals surface area contributed by atoms with Crippen molar-refractivity contribution in [3.8, 4) is 0 Å². The second kappa shape index (κ2) is 7.27. The lowest BCUT2D eigenvalue weighted by molar-refractivity contribution is 0.532. The van der Waals surface area contributed by atoms with Crippen molar-refractivity contribution in [1.29, 1.82) is 0 Å². The van der Waals surface area contributed by atoms with Crippen LogP contribution in [-0.4, -0.2) is 14.6 Å². The van der Waals surface area contributed by atoms with Gasteiger partial charge in [-0.25, -0.2) is 9.78 Å². The minimum atomic E-state index is -0.502. The van der Waals surface area contributed by atoms with Gasteiger partial charge in [0.2, 0.25) is 5.95 Å². The summed E-state index contributed by atoms with van der Waals surface area (Å²) in [5.74, 6) is 0.455. The van der Waals surface area contributed by atoms with E-state index in [0.29, 0.717) is 22.9 Å². The predicted molar refractivity (Wildman–Crippen MR) is 118 cm³/mol. The van der Waals surface area contributed by atoms with E-state index in [0.717, 1.165) is 11.3 Å². The van der Waals surface area contributed by atoms with Gasteiger partial charge in [0, 0.05) is 21.0 Å². The molecule has 0 spiro atoms. The van der Waals surface area contributed by atoms with Crippen LogP contribution in [0.15, 0.2) is 51.8 Å². The summed E-state index contributed by atoms with van der Waals surface area (Å²) in [7, 11) is 0. The highest BCUT2D eigenvalue weighted by atomic mass is 127. The molecule has 4 rings (SSSR count). The van der Waals surface area contributed by atoms with Gasteiger partial charge in [0.05, 0.1) is 0 Å². The Balaban J connectivity index is 1.68. The van der Waals surface area contributed by atoms with Gasteiger partial charge >= 0.3 is 5.76 Å². The van der Waals surface area contributed by atoms with Gasteiger partial charge in [-0.2, -0.15) is 9.66 Å². The lowest BCUT2D eigenvalue weighted by atomic mass is 10.1. The molecule has 28 heavy (non-hydrogen) atoms. The molecule has 0 aliphatic rings. The van der Waals surface area contributed by atoms with Gasteiger partial charge in [-0.05, 0) is 78.8 Å². The zero-order valence-electron chi connectivity index (χ0n) is 15.6. The van der Waals surface area contributed by atoms with E-state index >= 15 is 0 Å². The molecule has 0 saturated heterocycles. The van der Waals surface area contributed by atoms with Crippen LogP contribution in [0.2, 0.25) is 0 Å². The van der Waals surface area contributed by atoms with Crippen LogP contribution in [0.3, 0.4) is 0 Å². The van der Waals surface area contributed by atoms with Gasteiger partial charge in [0.1, 0.15) is 5.52 Å². The quantitative estimate of drug-likeness (QED) is 0.412. The summed E-state index contributed by atoms with van der Waals surface area (Å²) in [4.78, 5) is 21.1. The highest BCUT2D eigenvalue weighted by molar-refractivity contribution is 14.1. The third kappa shape index (κ3) is 3.47. The van der Waals surface area contributed by atoms with Crippen molar-refractivity contribution in [3.63, 3.8) is 0 Å². The first-order valence-corrected chi connectivity index (χ1v) is 9.75. The SMILES string of the molecule is Cc1cnc(Nc2cc(C)c(I)c(C)c2)nc1Nn1c(=O)oc2ccccc21. The van der Waals surface area contributed by atoms with Crippen molar-refractivity contribution in [3.05, 3.63) is 73.4 Å². The maximum Gasteiger partial charge on any atom is 0.439 e. The number of hydrogen-bond acceptors (Lipinski definition) is 6. The fourth-order valence-electron chi connectivity index (χ4n) is 2.94. The van der Waals surface area contributed by atoms with Crippen molar-refractivity contribution < 1.29 is 4.42 Å². The fourth-order valence-corrected chi connectivity index (χ4v) is 3.25. The van der Waals surface area contributed by atoms with Crippen LogP contribution in [0, 0.1) is 24.3 Å². The topological polar surface area (TPSA) is 85.0 Å². The van der Waals surface area contributed by atoms with Crippen LogP contribution in [0.4, 0.5) is 17.5 Å². The largest absolute Gasteiger partial charge is 0.439 e. The van der Waals surface area contributed by atoms with Crippen LogP contribution < -0.4 is 16.5 Å². The molecule has 7 nitrogen and oxygen atoms in total. The number of nitrogens with zero attached hydrogens (tertiary/aromatic N) is 3. The Morgan fingerprint density at radius 3 is 2.54 bits per heavy atom. The van der Waals surface area contributed by atoms with Crippen molar-refractivity contribution in [2.24, 2.45) is 0 Å². The number of nitrogens with one attached hydrogen (secondary N) is 2. The number of fused-ring (bicyclic) bond motifs is 1. The van der Waals surface area contributed by atoms with E-state index in [2.05, 4.69) is 69.3 Å². The molecule has 0 unspecified atom stereocenters. The van der Waals surface area contributed by atoms with Gasteiger partial charge in [-0.1, -0.05) is 12.1 Å². The summed E-state index contributed by atoms with van der Waals surface area (Å²) >= 11 is 2.34. The smallest absolute Gasteiger partial charge is 0.406 e. The summed E-state index contributed by atoms with van der Waals surface area (Å²) in [5, 5.41) is 3.24. The Hall–Kier alpha value is -2.88. The van der Waals surface area contributed by atoms with Crippen LogP contribution in [0.5, 0.6) is 0 Å². The predicted octanol–water partition coefficient (Wildman–Crippen LogP) is 4.53. The van der Waals surface area contributed by atoms with Crippen LogP contribution in [0.25, 0.3) is 11.1 Å². The van der Waals surface area contributed by atoms with Crippen molar-refractivity contribution >= 4 is 51.1 Å². The zero-order valence-corrected chi connectivity index (χ0v) is 17.7. The number of rotatable bonds is 4. The van der Waals surface area contributed by atoms with Gasteiger partial charge in [0.25, 0.3) is 0 Å². The lowest BCUT2D eigenvalue weighted by Crippen LogP contribution is -2.23. The minimum Gasteiger partial charge on any atom is -0.406 e. The third-order valence-corrected chi connectivity index (χ3v) is 6.07. The highest BCUT2D eigenvalue weighted by Gasteiger charge is 2.12. The van der Waals surface area contributed by atoms with E-state index in [1.807, 2.05) is 19.1 Å². The first-order chi connectivity index (χ1) is 13.4. The van der Waals surface area contributed by atoms with E-state index in [-0.39, 0.29) is 0 Å². The minimum absolute atomic E-state index is 0.439. The number of oxazole rings is 1. The van der Waals surface area contributed by atoms with E-state index < -0.39 is 5.76 Å². The van der Waals surface area contributed by atoms with Crippen LogP contribution in [0.1, 0.15) is 16.7 Å². The molecule has 0 fully saturated rings. The molecule has 0 radical (unpaired) electrons. The van der Waals surface area contributed by atoms with Crippen LogP contribution in [-0.2, 0) is 0 Å². The molecule has 2 N–H and O–H groups in total. The normalized spacial score (nSPS) is 11.0. The number of aromatic nitrogens is 3. The number of aryl methyl sites for hydroxylation is 3. The second-order valence-corrected chi connectivity index (χ2v) is 7.64. The fraction of sp³-hybridized carbons (Fsp3) is 0.150. The number of hydrogen-bond donors (Lipinski definition) is 2. The van der Waals surface area contributed by atoms with E-state index in [1.54, 1.807) is 18.3 Å². The van der Waals surface area contributed by atoms with E-state index in [9.17, 15) is 4.79 Å². The van der Waals surface area contributed by atoms with Gasteiger partial charge in [0.15, 0.2) is 11.4 Å². The first kappa shape index (κ1) is 18.5. The molecule has 0 aliphatic heterocycles. The lowest BCUT2D eigenvalue weighted by Gasteiger charge is -2.12. The Labute approximate surface area is 174 Å². The molecule has 2 heterocycles. The number of para-hydroxylation sites is 2. The summed E-state index contributed by atoms with van der Waals surface area (Å²) in [6.07, 6.45) is 1.71. The molecule has 8 heteroatoms. The Bertz CT molecular complexity index is 1220. The Morgan fingerprint density at radius 2 is 1.79 bits per heavy atom. The van der Waals surface area contributed by atoms with Gasteiger partial charge in [-0.15, -0.1) is 0 Å². The Kier molecular flexibility index (Phi) is 4.80. The van der Waals surface area contributed by atoms with E-state index in [4.69, 9.17) is 4.42 Å². The van der Waals surface area contributed by atoms with Gasteiger partial charge in [-0.3, -0.25) is 5.43 Å². The molecule has 2 aromatic carbocycles. The molecule has 0 atom stereocenters. The number of anilines is 3. The average Bonchev–Trinajstić information content (AvgIpc) is 2.98. The highest BCUT2D eigenvalue weighted by Crippen LogP contribution is 2.24. The second-order valence-electron chi connectivity index (χ2n) is 6.56. The first-order valence-electron chi connectivity index (χ1n) is 8.67. The standard InChI is InChI=1S/C20H18IN5O2/c1-11-8-14(9-12(2)17(11)21)23-19-22-10-13(3)18(24-19)25-26-15-6-4-5-7-16(15)28-20(26)27/h4-10H,1-3H3,(H2,22,23,24,25). The molecule has 0 aliphatic carbocycles. The van der Waals surface area contributed by atoms with Crippen molar-refractivity contribution in [2.45, 2.75) is 20.8 Å². The molecular formula is C20H18IN5O2. The van der Waals surface area contributed by atoms with Crippen LogP contribution >= 0.6 is 22.6 Å². The maximum absolute atomic E-state index is 12.2. The summed E-state index contributed by atoms with van der Waals surface area (Å²) < 4.78 is 7.84. The number of benzene rings is 2. The molecule has 2 aromatic heterocycles. The number of halogens is 1. The average molecular weight is 487 g/mol. The molecule has 0 amide bonds. The van der Waals surface area contributed by atoms with E-state index in [1.165, 1.54) is 19.4 Å². The Morgan fingerprint density at radius 1 is 1.07 bits per heavy atom. The summed E-state index contributed by atoms with van der Waals surface area (Å²) in [5.41, 5.74) is 8.28. The monoisotopic (exact) mass is 487 g/mol. The zero-order chi connectivity index (χ0) is 19.8. The maximum atomic E-state index is 12.2. The molecule has 142 valence electrons. The molecule has 4 aromatic rings. The summed E-state index contributed by atoms with van der Waals surface area (Å²) in [6, 6.07) is 11.3. The van der Waals surface area contributed by atoms with Crippen molar-refractivity contribution in [1.82, 2.24) is 14.6 Å². The van der Waals surface area contributed by atoms with Gasteiger partial charge < -0.3 is 9.73 Å². The summed E-state index contributed by atoms with van der Waals surface area (Å²) in [6.45, 7) is 6.01. The molecule has 0 bridgehead atoms.